The van der Waals surface area contributed by atoms with E-state index in [0.29, 0.717) is 20.9 Å². The number of hydrogen-bond acceptors (Lipinski definition) is 3. The van der Waals surface area contributed by atoms with Crippen molar-refractivity contribution in [2.24, 2.45) is 0 Å². The van der Waals surface area contributed by atoms with Crippen molar-refractivity contribution in [1.29, 1.82) is 0 Å². The summed E-state index contributed by atoms with van der Waals surface area (Å²) in [4.78, 5) is 4.26. The van der Waals surface area contributed by atoms with Gasteiger partial charge in [0.2, 0.25) is 0 Å². The molecule has 0 saturated carbocycles. The summed E-state index contributed by atoms with van der Waals surface area (Å²) < 4.78 is 0. The van der Waals surface area contributed by atoms with Crippen LogP contribution in [0.3, 0.4) is 0 Å². The molecule has 7 heteroatoms. The van der Waals surface area contributed by atoms with E-state index >= 15 is 0 Å². The molecule has 0 amide bonds. The summed E-state index contributed by atoms with van der Waals surface area (Å²) in [5.41, 5.74) is 1.64. The Kier molecular flexibility index (Phi) is 5.33. The molecule has 1 fully saturated rings. The van der Waals surface area contributed by atoms with Gasteiger partial charge in [-0.3, -0.25) is 0 Å². The highest BCUT2D eigenvalue weighted by atomic mass is 35.5. The fraction of sp³-hybridized carbons (Fsp3) is 0.235. The van der Waals surface area contributed by atoms with Gasteiger partial charge in [0.05, 0.1) is 5.69 Å². The van der Waals surface area contributed by atoms with Gasteiger partial charge in [0.15, 0.2) is 5.11 Å². The third-order valence-corrected chi connectivity index (χ3v) is 4.70. The maximum absolute atomic E-state index is 9.97. The maximum Gasteiger partial charge on any atom is 0.173 e. The van der Waals surface area contributed by atoms with Gasteiger partial charge in [0, 0.05) is 41.9 Å². The Morgan fingerprint density at radius 3 is 2.25 bits per heavy atom. The highest BCUT2D eigenvalue weighted by molar-refractivity contribution is 7.80. The van der Waals surface area contributed by atoms with Crippen molar-refractivity contribution in [3.63, 3.8) is 0 Å². The number of aromatic hydroxyl groups is 1. The van der Waals surface area contributed by atoms with Crippen LogP contribution < -0.4 is 10.2 Å². The Morgan fingerprint density at radius 2 is 1.62 bits per heavy atom. The molecular formula is C17H17Cl2N3OS. The van der Waals surface area contributed by atoms with Crippen molar-refractivity contribution in [3.05, 3.63) is 52.5 Å². The van der Waals surface area contributed by atoms with E-state index in [-0.39, 0.29) is 0 Å². The fourth-order valence-corrected chi connectivity index (χ4v) is 3.54. The van der Waals surface area contributed by atoms with Crippen LogP contribution in [0.25, 0.3) is 0 Å². The third kappa shape index (κ3) is 4.04. The lowest BCUT2D eigenvalue weighted by Gasteiger charge is -2.37. The first-order valence-corrected chi connectivity index (χ1v) is 8.74. The topological polar surface area (TPSA) is 38.7 Å². The minimum absolute atomic E-state index is 0.306. The van der Waals surface area contributed by atoms with Crippen molar-refractivity contribution in [2.45, 2.75) is 0 Å². The second-order valence-corrected chi connectivity index (χ2v) is 6.81. The number of hydrogen-bond donors (Lipinski definition) is 2. The van der Waals surface area contributed by atoms with Crippen molar-refractivity contribution >= 4 is 51.9 Å². The molecule has 0 bridgehead atoms. The van der Waals surface area contributed by atoms with Gasteiger partial charge < -0.3 is 20.2 Å². The number of nitrogens with zero attached hydrogens (tertiary/aromatic N) is 2. The van der Waals surface area contributed by atoms with Gasteiger partial charge in [-0.2, -0.15) is 0 Å². The number of phenolic OH excluding ortho intramolecular Hbond substituents is 1. The first kappa shape index (κ1) is 17.1. The van der Waals surface area contributed by atoms with E-state index in [1.54, 1.807) is 24.3 Å². The summed E-state index contributed by atoms with van der Waals surface area (Å²) in [5.74, 6) is 0.306. The maximum atomic E-state index is 9.97. The largest absolute Gasteiger partial charge is 0.506 e. The number of phenols is 1. The smallest absolute Gasteiger partial charge is 0.173 e. The van der Waals surface area contributed by atoms with Crippen LogP contribution in [-0.2, 0) is 0 Å². The number of nitrogens with one attached hydrogen (secondary N) is 1. The van der Waals surface area contributed by atoms with Crippen LogP contribution in [0.5, 0.6) is 5.75 Å². The van der Waals surface area contributed by atoms with Gasteiger partial charge in [-0.15, -0.1) is 0 Å². The third-order valence-electron chi connectivity index (χ3n) is 3.90. The molecule has 1 aliphatic heterocycles. The van der Waals surface area contributed by atoms with Crippen LogP contribution in [0.15, 0.2) is 42.5 Å². The van der Waals surface area contributed by atoms with Gasteiger partial charge in [-0.05, 0) is 42.5 Å². The summed E-state index contributed by atoms with van der Waals surface area (Å²) >= 11 is 17.5. The monoisotopic (exact) mass is 381 g/mol. The number of benzene rings is 2. The minimum atomic E-state index is 0.306. The highest BCUT2D eigenvalue weighted by Crippen LogP contribution is 2.27. The molecule has 0 unspecified atom stereocenters. The summed E-state index contributed by atoms with van der Waals surface area (Å²) in [6.07, 6.45) is 0. The number of para-hydroxylation sites is 2. The molecule has 24 heavy (non-hydrogen) atoms. The van der Waals surface area contributed by atoms with Crippen LogP contribution in [0.1, 0.15) is 0 Å². The summed E-state index contributed by atoms with van der Waals surface area (Å²) in [6.45, 7) is 3.12. The SMILES string of the molecule is Oc1ccccc1N1CCN(C(=S)Nc2cc(Cl)cc(Cl)c2)CC1. The molecule has 0 aromatic heterocycles. The van der Waals surface area contributed by atoms with Crippen LogP contribution in [0, 0.1) is 0 Å². The zero-order chi connectivity index (χ0) is 17.1. The van der Waals surface area contributed by atoms with E-state index in [4.69, 9.17) is 35.4 Å². The summed E-state index contributed by atoms with van der Waals surface area (Å²) in [7, 11) is 0. The second-order valence-electron chi connectivity index (χ2n) is 5.55. The molecule has 1 heterocycles. The lowest BCUT2D eigenvalue weighted by atomic mass is 10.2. The Morgan fingerprint density at radius 1 is 1.00 bits per heavy atom. The normalized spacial score (nSPS) is 14.6. The van der Waals surface area contributed by atoms with Gasteiger partial charge >= 0.3 is 0 Å². The summed E-state index contributed by atoms with van der Waals surface area (Å²) in [6, 6.07) is 12.6. The van der Waals surface area contributed by atoms with E-state index in [0.717, 1.165) is 37.6 Å². The standard InChI is InChI=1S/C17H17Cl2N3OS/c18-12-9-13(19)11-14(10-12)20-17(24)22-7-5-21(6-8-22)15-3-1-2-4-16(15)23/h1-4,9-11,23H,5-8H2,(H,20,24). The Balaban J connectivity index is 1.60. The van der Waals surface area contributed by atoms with Crippen molar-refractivity contribution in [2.75, 3.05) is 36.4 Å². The lowest BCUT2D eigenvalue weighted by Crippen LogP contribution is -2.50. The Hall–Kier alpha value is -1.69. The minimum Gasteiger partial charge on any atom is -0.506 e. The zero-order valence-electron chi connectivity index (χ0n) is 12.9. The number of piperazine rings is 1. The van der Waals surface area contributed by atoms with Crippen LogP contribution in [0.2, 0.25) is 10.0 Å². The van der Waals surface area contributed by atoms with Crippen molar-refractivity contribution in [3.8, 4) is 5.75 Å². The number of halogens is 2. The molecule has 1 saturated heterocycles. The molecular weight excluding hydrogens is 365 g/mol. The average molecular weight is 382 g/mol. The lowest BCUT2D eigenvalue weighted by molar-refractivity contribution is 0.387. The molecule has 1 aliphatic rings. The van der Waals surface area contributed by atoms with Crippen LogP contribution >= 0.6 is 35.4 Å². The molecule has 4 nitrogen and oxygen atoms in total. The first-order chi connectivity index (χ1) is 11.5. The second kappa shape index (κ2) is 7.47. The van der Waals surface area contributed by atoms with Gasteiger partial charge in [0.25, 0.3) is 0 Å². The van der Waals surface area contributed by atoms with Crippen LogP contribution in [-0.4, -0.2) is 41.3 Å². The summed E-state index contributed by atoms with van der Waals surface area (Å²) in [5, 5.41) is 14.9. The van der Waals surface area contributed by atoms with E-state index in [9.17, 15) is 5.11 Å². The predicted octanol–water partition coefficient (Wildman–Crippen LogP) is 4.22. The molecule has 2 aromatic carbocycles. The number of thiocarbonyl (C=S) groups is 1. The molecule has 2 N–H and O–H groups in total. The molecule has 3 rings (SSSR count). The quantitative estimate of drug-likeness (QED) is 0.761. The molecule has 0 aliphatic carbocycles. The van der Waals surface area contributed by atoms with E-state index in [1.807, 2.05) is 18.2 Å². The number of anilines is 2. The Bertz CT molecular complexity index is 728. The average Bonchev–Trinajstić information content (AvgIpc) is 2.54. The zero-order valence-corrected chi connectivity index (χ0v) is 15.2. The molecule has 0 spiro atoms. The van der Waals surface area contributed by atoms with Crippen molar-refractivity contribution in [1.82, 2.24) is 4.90 Å². The van der Waals surface area contributed by atoms with E-state index in [1.165, 1.54) is 0 Å². The fourth-order valence-electron chi connectivity index (χ4n) is 2.71. The number of rotatable bonds is 2. The highest BCUT2D eigenvalue weighted by Gasteiger charge is 2.20. The molecule has 0 atom stereocenters. The van der Waals surface area contributed by atoms with Gasteiger partial charge in [-0.1, -0.05) is 35.3 Å². The van der Waals surface area contributed by atoms with Crippen LogP contribution in [0.4, 0.5) is 11.4 Å². The molecule has 126 valence electrons. The van der Waals surface area contributed by atoms with E-state index in [2.05, 4.69) is 15.1 Å². The van der Waals surface area contributed by atoms with Crippen molar-refractivity contribution < 1.29 is 5.11 Å². The molecule has 0 radical (unpaired) electrons. The first-order valence-electron chi connectivity index (χ1n) is 7.58. The Labute approximate surface area is 156 Å². The van der Waals surface area contributed by atoms with Gasteiger partial charge in [0.1, 0.15) is 5.75 Å². The molecule has 2 aromatic rings. The van der Waals surface area contributed by atoms with E-state index < -0.39 is 0 Å². The van der Waals surface area contributed by atoms with Gasteiger partial charge in [-0.25, -0.2) is 0 Å². The predicted molar refractivity (Wildman–Crippen MR) is 105 cm³/mol.